The normalized spacial score (nSPS) is 32.6. The van der Waals surface area contributed by atoms with Crippen molar-refractivity contribution in [2.45, 2.75) is 50.7 Å². The van der Waals surface area contributed by atoms with E-state index in [2.05, 4.69) is 16.5 Å². The van der Waals surface area contributed by atoms with E-state index in [1.807, 2.05) is 17.8 Å². The molecule has 2 aliphatic heterocycles. The van der Waals surface area contributed by atoms with Crippen molar-refractivity contribution < 1.29 is 0 Å². The monoisotopic (exact) mass is 216 g/mol. The number of hydrogen-bond acceptors (Lipinski definition) is 3. The third-order valence-corrected chi connectivity index (χ3v) is 3.88. The average molecular weight is 216 g/mol. The maximum atomic E-state index is 9.14. The van der Waals surface area contributed by atoms with Crippen molar-refractivity contribution in [3.05, 3.63) is 17.5 Å². The van der Waals surface area contributed by atoms with Crippen molar-refractivity contribution in [1.29, 1.82) is 5.26 Å². The van der Waals surface area contributed by atoms with Crippen LogP contribution in [0.15, 0.2) is 6.20 Å². The Bertz CT molecular complexity index is 430. The van der Waals surface area contributed by atoms with Crippen LogP contribution in [0.4, 0.5) is 0 Å². The highest BCUT2D eigenvalue weighted by Gasteiger charge is 2.35. The summed E-state index contributed by atoms with van der Waals surface area (Å²) in [7, 11) is 0. The third-order valence-electron chi connectivity index (χ3n) is 3.88. The van der Waals surface area contributed by atoms with Crippen LogP contribution in [0.1, 0.15) is 43.0 Å². The highest BCUT2D eigenvalue weighted by molar-refractivity contribution is 5.29. The fourth-order valence-corrected chi connectivity index (χ4v) is 3.09. The first kappa shape index (κ1) is 9.86. The van der Waals surface area contributed by atoms with Gasteiger partial charge >= 0.3 is 0 Å². The number of hydrogen-bond donors (Lipinski definition) is 1. The first-order chi connectivity index (χ1) is 7.78. The number of fused-ring (bicyclic) bond motifs is 2. The molecule has 0 amide bonds. The zero-order chi connectivity index (χ0) is 11.1. The molecule has 2 aliphatic rings. The van der Waals surface area contributed by atoms with Gasteiger partial charge in [-0.1, -0.05) is 0 Å². The Labute approximate surface area is 95.3 Å². The molecular formula is C12H16N4. The van der Waals surface area contributed by atoms with Gasteiger partial charge in [0.1, 0.15) is 11.8 Å². The molecule has 3 rings (SSSR count). The lowest BCUT2D eigenvalue weighted by atomic mass is 10.00. The predicted molar refractivity (Wildman–Crippen MR) is 59.9 cm³/mol. The Morgan fingerprint density at radius 3 is 2.75 bits per heavy atom. The molecule has 2 saturated heterocycles. The first-order valence-electron chi connectivity index (χ1n) is 5.98. The number of piperidine rings is 1. The summed E-state index contributed by atoms with van der Waals surface area (Å²) >= 11 is 0. The average Bonchev–Trinajstić information content (AvgIpc) is 2.82. The Morgan fingerprint density at radius 1 is 1.44 bits per heavy atom. The second kappa shape index (κ2) is 3.60. The molecule has 1 N–H and O–H groups in total. The summed E-state index contributed by atoms with van der Waals surface area (Å²) in [5.74, 6) is 0. The summed E-state index contributed by atoms with van der Waals surface area (Å²) in [6.07, 6.45) is 6.60. The number of aryl methyl sites for hydroxylation is 1. The predicted octanol–water partition coefficient (Wildman–Crippen LogP) is 1.52. The van der Waals surface area contributed by atoms with E-state index in [1.165, 1.54) is 12.8 Å². The van der Waals surface area contributed by atoms with Crippen LogP contribution in [0.5, 0.6) is 0 Å². The van der Waals surface area contributed by atoms with Gasteiger partial charge in [0, 0.05) is 17.6 Å². The van der Waals surface area contributed by atoms with Gasteiger partial charge < -0.3 is 5.32 Å². The molecular weight excluding hydrogens is 200 g/mol. The number of nitrogens with one attached hydrogen (secondary N) is 1. The lowest BCUT2D eigenvalue weighted by molar-refractivity contribution is 0.280. The zero-order valence-electron chi connectivity index (χ0n) is 9.48. The van der Waals surface area contributed by atoms with Crippen LogP contribution in [-0.2, 0) is 0 Å². The largest absolute Gasteiger partial charge is 0.311 e. The number of nitriles is 1. The summed E-state index contributed by atoms with van der Waals surface area (Å²) in [4.78, 5) is 0. The highest BCUT2D eigenvalue weighted by Crippen LogP contribution is 2.34. The fraction of sp³-hybridized carbons (Fsp3) is 0.667. The summed E-state index contributed by atoms with van der Waals surface area (Å²) in [5, 5.41) is 17.1. The Morgan fingerprint density at radius 2 is 2.12 bits per heavy atom. The first-order valence-corrected chi connectivity index (χ1v) is 5.98. The lowest BCUT2D eigenvalue weighted by Crippen LogP contribution is -2.39. The summed E-state index contributed by atoms with van der Waals surface area (Å²) in [5.41, 5.74) is 1.74. The number of rotatable bonds is 1. The second-order valence-corrected chi connectivity index (χ2v) is 5.00. The molecule has 84 valence electrons. The topological polar surface area (TPSA) is 53.6 Å². The van der Waals surface area contributed by atoms with Gasteiger partial charge in [0.2, 0.25) is 0 Å². The van der Waals surface area contributed by atoms with Gasteiger partial charge in [-0.3, -0.25) is 4.68 Å². The molecule has 1 aromatic rings. The van der Waals surface area contributed by atoms with Crippen LogP contribution in [-0.4, -0.2) is 21.9 Å². The standard InChI is InChI=1S/C12H16N4/c1-8-7-14-16(12(8)6-13)11-4-9-2-3-10(5-11)15-9/h7,9-11,15H,2-5H2,1H3/t9-,10+,11-. The van der Waals surface area contributed by atoms with E-state index in [4.69, 9.17) is 5.26 Å². The molecule has 0 aliphatic carbocycles. The maximum Gasteiger partial charge on any atom is 0.141 e. The molecule has 3 heterocycles. The second-order valence-electron chi connectivity index (χ2n) is 5.00. The number of nitrogens with zero attached hydrogens (tertiary/aromatic N) is 3. The molecule has 4 nitrogen and oxygen atoms in total. The minimum absolute atomic E-state index is 0.419. The molecule has 1 aromatic heterocycles. The lowest BCUT2D eigenvalue weighted by Gasteiger charge is -2.29. The Balaban J connectivity index is 1.90. The van der Waals surface area contributed by atoms with E-state index < -0.39 is 0 Å². The molecule has 2 bridgehead atoms. The van der Waals surface area contributed by atoms with Gasteiger partial charge in [-0.25, -0.2) is 0 Å². The van der Waals surface area contributed by atoms with Crippen molar-refractivity contribution in [2.75, 3.05) is 0 Å². The maximum absolute atomic E-state index is 9.14. The van der Waals surface area contributed by atoms with E-state index in [9.17, 15) is 0 Å². The van der Waals surface area contributed by atoms with E-state index in [0.29, 0.717) is 18.1 Å². The van der Waals surface area contributed by atoms with Crippen LogP contribution in [0.25, 0.3) is 0 Å². The van der Waals surface area contributed by atoms with Crippen LogP contribution in [0.3, 0.4) is 0 Å². The SMILES string of the molecule is Cc1cnn([C@@H]2C[C@H]3CC[C@@H](C2)N3)c1C#N. The van der Waals surface area contributed by atoms with Crippen LogP contribution in [0, 0.1) is 18.3 Å². The third kappa shape index (κ3) is 1.43. The molecule has 0 saturated carbocycles. The quantitative estimate of drug-likeness (QED) is 0.774. The smallest absolute Gasteiger partial charge is 0.141 e. The Hall–Kier alpha value is -1.34. The minimum Gasteiger partial charge on any atom is -0.311 e. The molecule has 2 fully saturated rings. The molecule has 4 heteroatoms. The van der Waals surface area contributed by atoms with Gasteiger partial charge in [-0.05, 0) is 32.6 Å². The molecule has 3 atom stereocenters. The molecule has 0 spiro atoms. The highest BCUT2D eigenvalue weighted by atomic mass is 15.3. The molecule has 0 aromatic carbocycles. The van der Waals surface area contributed by atoms with E-state index in [1.54, 1.807) is 0 Å². The molecule has 16 heavy (non-hydrogen) atoms. The van der Waals surface area contributed by atoms with Crippen LogP contribution in [0.2, 0.25) is 0 Å². The zero-order valence-corrected chi connectivity index (χ0v) is 9.48. The molecule has 0 unspecified atom stereocenters. The summed E-state index contributed by atoms with van der Waals surface area (Å²) in [6.45, 7) is 1.96. The van der Waals surface area contributed by atoms with Gasteiger partial charge in [0.25, 0.3) is 0 Å². The van der Waals surface area contributed by atoms with Crippen LogP contribution >= 0.6 is 0 Å². The van der Waals surface area contributed by atoms with Gasteiger partial charge in [-0.15, -0.1) is 0 Å². The van der Waals surface area contributed by atoms with Crippen molar-refractivity contribution >= 4 is 0 Å². The minimum atomic E-state index is 0.419. The van der Waals surface area contributed by atoms with Crippen LogP contribution < -0.4 is 5.32 Å². The van der Waals surface area contributed by atoms with E-state index in [0.717, 1.165) is 24.1 Å². The number of aromatic nitrogens is 2. The fourth-order valence-electron chi connectivity index (χ4n) is 3.09. The van der Waals surface area contributed by atoms with Crippen molar-refractivity contribution in [2.24, 2.45) is 0 Å². The van der Waals surface area contributed by atoms with E-state index in [-0.39, 0.29) is 0 Å². The summed E-state index contributed by atoms with van der Waals surface area (Å²) in [6, 6.07) is 3.97. The van der Waals surface area contributed by atoms with Crippen molar-refractivity contribution in [3.63, 3.8) is 0 Å². The van der Waals surface area contributed by atoms with Gasteiger partial charge in [0.05, 0.1) is 12.2 Å². The van der Waals surface area contributed by atoms with E-state index >= 15 is 0 Å². The van der Waals surface area contributed by atoms with Gasteiger partial charge in [0.15, 0.2) is 0 Å². The van der Waals surface area contributed by atoms with Gasteiger partial charge in [-0.2, -0.15) is 10.4 Å². The summed E-state index contributed by atoms with van der Waals surface area (Å²) < 4.78 is 1.95. The van der Waals surface area contributed by atoms with Crippen molar-refractivity contribution in [1.82, 2.24) is 15.1 Å². The Kier molecular flexibility index (Phi) is 2.22. The molecule has 0 radical (unpaired) electrons. The van der Waals surface area contributed by atoms with Crippen molar-refractivity contribution in [3.8, 4) is 6.07 Å².